The first kappa shape index (κ1) is 28.7. The Morgan fingerprint density at radius 2 is 1.00 bits per heavy atom. The molecule has 8 aromatic carbocycles. The summed E-state index contributed by atoms with van der Waals surface area (Å²) in [4.78, 5) is 5.14. The smallest absolute Gasteiger partial charge is 0.145 e. The minimum atomic E-state index is -0.0915. The highest BCUT2D eigenvalue weighted by molar-refractivity contribution is 6.22. The number of hydrogen-bond donors (Lipinski definition) is 0. The molecule has 2 heteroatoms. The van der Waals surface area contributed by atoms with Gasteiger partial charge in [-0.1, -0.05) is 147 Å². The van der Waals surface area contributed by atoms with Gasteiger partial charge in [0, 0.05) is 16.7 Å². The fraction of sp³-hybridized carbons (Fsp3) is 0.0625. The summed E-state index contributed by atoms with van der Waals surface area (Å²) in [5.74, 6) is 0.940. The molecule has 0 bridgehead atoms. The van der Waals surface area contributed by atoms with Gasteiger partial charge in [0.05, 0.1) is 11.0 Å². The topological polar surface area (TPSA) is 17.8 Å². The molecule has 0 radical (unpaired) electrons. The summed E-state index contributed by atoms with van der Waals surface area (Å²) in [5, 5.41) is 5.09. The lowest BCUT2D eigenvalue weighted by Crippen LogP contribution is -2.14. The van der Waals surface area contributed by atoms with Crippen LogP contribution in [0.3, 0.4) is 0 Å². The molecule has 0 fully saturated rings. The first-order valence-corrected chi connectivity index (χ1v) is 17.4. The second-order valence-corrected chi connectivity index (χ2v) is 13.9. The van der Waals surface area contributed by atoms with Crippen LogP contribution in [0.1, 0.15) is 25.0 Å². The molecule has 0 amide bonds. The van der Waals surface area contributed by atoms with E-state index >= 15 is 0 Å². The van der Waals surface area contributed by atoms with Gasteiger partial charge in [-0.15, -0.1) is 0 Å². The van der Waals surface area contributed by atoms with E-state index in [-0.39, 0.29) is 5.41 Å². The highest BCUT2D eigenvalue weighted by atomic mass is 15.1. The minimum absolute atomic E-state index is 0.0915. The lowest BCUT2D eigenvalue weighted by molar-refractivity contribution is 0.661. The highest BCUT2D eigenvalue weighted by Crippen LogP contribution is 2.53. The first-order chi connectivity index (χ1) is 24.6. The number of rotatable bonds is 4. The third-order valence-corrected chi connectivity index (χ3v) is 10.8. The predicted octanol–water partition coefficient (Wildman–Crippen LogP) is 12.6. The maximum Gasteiger partial charge on any atom is 0.145 e. The van der Waals surface area contributed by atoms with E-state index in [1.807, 2.05) is 0 Å². The van der Waals surface area contributed by atoms with Crippen LogP contribution in [-0.2, 0) is 5.41 Å². The molecule has 1 aliphatic rings. The summed E-state index contributed by atoms with van der Waals surface area (Å²) in [6, 6.07) is 61.8. The molecule has 9 aromatic rings. The molecule has 2 nitrogen and oxygen atoms in total. The van der Waals surface area contributed by atoms with Gasteiger partial charge in [0.2, 0.25) is 0 Å². The lowest BCUT2D eigenvalue weighted by Gasteiger charge is -2.24. The summed E-state index contributed by atoms with van der Waals surface area (Å²) in [5.41, 5.74) is 14.6. The van der Waals surface area contributed by atoms with Crippen LogP contribution in [0.15, 0.2) is 170 Å². The van der Waals surface area contributed by atoms with Crippen molar-refractivity contribution in [3.05, 3.63) is 181 Å². The third-order valence-electron chi connectivity index (χ3n) is 10.8. The molecule has 0 saturated heterocycles. The molecule has 0 saturated carbocycles. The number of imidazole rings is 1. The lowest BCUT2D eigenvalue weighted by atomic mass is 9.79. The van der Waals surface area contributed by atoms with Crippen LogP contribution in [-0.4, -0.2) is 9.55 Å². The van der Waals surface area contributed by atoms with Gasteiger partial charge in [-0.3, -0.25) is 4.57 Å². The summed E-state index contributed by atoms with van der Waals surface area (Å²) < 4.78 is 2.27. The zero-order chi connectivity index (χ0) is 33.4. The van der Waals surface area contributed by atoms with Crippen molar-refractivity contribution >= 4 is 32.6 Å². The number of benzene rings is 8. The van der Waals surface area contributed by atoms with Gasteiger partial charge >= 0.3 is 0 Å². The number of para-hydroxylation sites is 3. The summed E-state index contributed by atoms with van der Waals surface area (Å²) in [7, 11) is 0. The third kappa shape index (κ3) is 4.18. The van der Waals surface area contributed by atoms with Crippen LogP contribution >= 0.6 is 0 Å². The van der Waals surface area contributed by atoms with E-state index in [1.165, 1.54) is 66.1 Å². The molecule has 0 aliphatic heterocycles. The van der Waals surface area contributed by atoms with Crippen LogP contribution in [0.2, 0.25) is 0 Å². The van der Waals surface area contributed by atoms with E-state index in [4.69, 9.17) is 4.98 Å². The van der Waals surface area contributed by atoms with E-state index in [2.05, 4.69) is 188 Å². The van der Waals surface area contributed by atoms with Crippen molar-refractivity contribution in [3.63, 3.8) is 0 Å². The Morgan fingerprint density at radius 3 is 1.74 bits per heavy atom. The quantitative estimate of drug-likeness (QED) is 0.175. The molecule has 10 rings (SSSR count). The van der Waals surface area contributed by atoms with E-state index in [9.17, 15) is 0 Å². The maximum absolute atomic E-state index is 5.14. The van der Waals surface area contributed by atoms with E-state index < -0.39 is 0 Å². The van der Waals surface area contributed by atoms with Gasteiger partial charge in [0.1, 0.15) is 5.82 Å². The molecule has 1 heterocycles. The normalized spacial score (nSPS) is 13.2. The van der Waals surface area contributed by atoms with Crippen molar-refractivity contribution < 1.29 is 0 Å². The van der Waals surface area contributed by atoms with Crippen molar-refractivity contribution in [2.75, 3.05) is 0 Å². The average Bonchev–Trinajstić information content (AvgIpc) is 3.66. The number of hydrogen-bond acceptors (Lipinski definition) is 1. The van der Waals surface area contributed by atoms with Gasteiger partial charge in [0.15, 0.2) is 0 Å². The Bertz CT molecular complexity index is 2750. The Labute approximate surface area is 291 Å². The molecule has 1 aromatic heterocycles. The fourth-order valence-corrected chi connectivity index (χ4v) is 8.44. The Kier molecular flexibility index (Phi) is 6.25. The van der Waals surface area contributed by atoms with Crippen LogP contribution in [0.5, 0.6) is 0 Å². The number of aromatic nitrogens is 2. The van der Waals surface area contributed by atoms with E-state index in [0.717, 1.165) is 28.1 Å². The highest BCUT2D eigenvalue weighted by Gasteiger charge is 2.36. The van der Waals surface area contributed by atoms with Crippen molar-refractivity contribution in [3.8, 4) is 50.5 Å². The van der Waals surface area contributed by atoms with Gasteiger partial charge in [-0.2, -0.15) is 0 Å². The summed E-state index contributed by atoms with van der Waals surface area (Å²) >= 11 is 0. The van der Waals surface area contributed by atoms with Crippen molar-refractivity contribution in [2.24, 2.45) is 0 Å². The van der Waals surface area contributed by atoms with Crippen molar-refractivity contribution in [2.45, 2.75) is 19.3 Å². The largest absolute Gasteiger partial charge is 0.292 e. The molecule has 0 atom stereocenters. The molecule has 1 aliphatic carbocycles. The Balaban J connectivity index is 1.25. The Morgan fingerprint density at radius 1 is 0.440 bits per heavy atom. The SMILES string of the molecule is CC1(C)c2ccccc2-c2cc3c(-c4ccc(-c5nc6ccccc6n5-c5ccccc5)cc4)c4ccccc4c(-c4ccccc4)c3cc21. The number of fused-ring (bicyclic) bond motifs is 6. The summed E-state index contributed by atoms with van der Waals surface area (Å²) in [6.45, 7) is 4.74. The van der Waals surface area contributed by atoms with Crippen molar-refractivity contribution in [1.29, 1.82) is 0 Å². The van der Waals surface area contributed by atoms with Crippen LogP contribution in [0.25, 0.3) is 83.0 Å². The van der Waals surface area contributed by atoms with Gasteiger partial charge in [-0.25, -0.2) is 4.98 Å². The second kappa shape index (κ2) is 10.9. The number of nitrogens with zero attached hydrogens (tertiary/aromatic N) is 2. The first-order valence-electron chi connectivity index (χ1n) is 17.4. The summed E-state index contributed by atoms with van der Waals surface area (Å²) in [6.07, 6.45) is 0. The monoisotopic (exact) mass is 638 g/mol. The van der Waals surface area contributed by atoms with Crippen LogP contribution in [0, 0.1) is 0 Å². The predicted molar refractivity (Wildman–Crippen MR) is 210 cm³/mol. The Hall–Kier alpha value is -6.25. The van der Waals surface area contributed by atoms with E-state index in [1.54, 1.807) is 0 Å². The van der Waals surface area contributed by atoms with Gasteiger partial charge in [-0.05, 0) is 102 Å². The fourth-order valence-electron chi connectivity index (χ4n) is 8.44. The van der Waals surface area contributed by atoms with E-state index in [0.29, 0.717) is 0 Å². The van der Waals surface area contributed by atoms with Gasteiger partial charge < -0.3 is 0 Å². The molecular weight excluding hydrogens is 605 g/mol. The molecule has 236 valence electrons. The van der Waals surface area contributed by atoms with Crippen LogP contribution in [0.4, 0.5) is 0 Å². The average molecular weight is 639 g/mol. The molecule has 0 spiro atoms. The zero-order valence-corrected chi connectivity index (χ0v) is 28.1. The zero-order valence-electron chi connectivity index (χ0n) is 28.1. The minimum Gasteiger partial charge on any atom is -0.292 e. The second-order valence-electron chi connectivity index (χ2n) is 13.9. The molecular formula is C48H34N2. The van der Waals surface area contributed by atoms with Gasteiger partial charge in [0.25, 0.3) is 0 Å². The molecule has 0 unspecified atom stereocenters. The standard InChI is InChI=1S/C48H34N2/c1-48(2)41-22-12-11-19-35(41)38-29-39-40(30-42(38)48)45(31-15-5-3-6-16-31)36-20-9-10-21-37(36)46(39)32-25-27-33(28-26-32)47-49-43-23-13-14-24-44(43)50(47)34-17-7-4-8-18-34/h3-30H,1-2H3. The molecule has 0 N–H and O–H groups in total. The van der Waals surface area contributed by atoms with Crippen molar-refractivity contribution in [1.82, 2.24) is 9.55 Å². The van der Waals surface area contributed by atoms with Crippen LogP contribution < -0.4 is 0 Å². The maximum atomic E-state index is 5.14. The molecule has 50 heavy (non-hydrogen) atoms.